The largest absolute Gasteiger partial charge is 0.0879 e. The van der Waals surface area contributed by atoms with Crippen LogP contribution in [0.3, 0.4) is 0 Å². The molecule has 0 aromatic rings. The Morgan fingerprint density at radius 1 is 1.00 bits per heavy atom. The summed E-state index contributed by atoms with van der Waals surface area (Å²) in [4.78, 5) is 0. The second-order valence-electron chi connectivity index (χ2n) is 5.30. The highest BCUT2D eigenvalue weighted by atomic mass is 14.2. The fourth-order valence-electron chi connectivity index (χ4n) is 2.15. The van der Waals surface area contributed by atoms with Crippen LogP contribution in [0.2, 0.25) is 0 Å². The lowest BCUT2D eigenvalue weighted by atomic mass is 9.81. The van der Waals surface area contributed by atoms with Gasteiger partial charge in [0.1, 0.15) is 0 Å². The molecule has 0 aliphatic rings. The molecule has 0 heteroatoms. The highest BCUT2D eigenvalue weighted by Gasteiger charge is 2.16. The zero-order valence-electron chi connectivity index (χ0n) is 11.1. The first kappa shape index (κ1) is 13.7. The van der Waals surface area contributed by atoms with E-state index in [2.05, 4.69) is 54.5 Å². The van der Waals surface area contributed by atoms with Crippen molar-refractivity contribution in [1.82, 2.24) is 0 Å². The minimum absolute atomic E-state index is 0.703. The normalized spacial score (nSPS) is 17.6. The van der Waals surface area contributed by atoms with E-state index in [-0.39, 0.29) is 0 Å². The van der Waals surface area contributed by atoms with Crippen molar-refractivity contribution in [2.45, 2.75) is 54.9 Å². The molecule has 0 radical (unpaired) electrons. The molecule has 0 bridgehead atoms. The van der Waals surface area contributed by atoms with Crippen LogP contribution in [0.4, 0.5) is 0 Å². The van der Waals surface area contributed by atoms with Crippen LogP contribution in [0.15, 0.2) is 11.6 Å². The van der Waals surface area contributed by atoms with Crippen molar-refractivity contribution in [3.05, 3.63) is 11.6 Å². The molecule has 2 unspecified atom stereocenters. The summed E-state index contributed by atoms with van der Waals surface area (Å²) in [5, 5.41) is 0. The number of allylic oxidation sites excluding steroid dienone is 2. The van der Waals surface area contributed by atoms with Gasteiger partial charge in [-0.25, -0.2) is 0 Å². The molecule has 0 aliphatic heterocycles. The molecule has 0 rings (SSSR count). The Morgan fingerprint density at radius 3 is 1.79 bits per heavy atom. The third-order valence-corrected chi connectivity index (χ3v) is 3.43. The first-order valence-electron chi connectivity index (χ1n) is 6.06. The Morgan fingerprint density at radius 2 is 1.50 bits per heavy atom. The van der Waals surface area contributed by atoms with Crippen LogP contribution in [0, 0.1) is 23.7 Å². The second-order valence-corrected chi connectivity index (χ2v) is 5.30. The Labute approximate surface area is 90.8 Å². The monoisotopic (exact) mass is 196 g/mol. The molecule has 0 amide bonds. The number of rotatable bonds is 5. The molecule has 0 saturated heterocycles. The van der Waals surface area contributed by atoms with Crippen LogP contribution in [0.1, 0.15) is 54.9 Å². The molecule has 0 N–H and O–H groups in total. The summed E-state index contributed by atoms with van der Waals surface area (Å²) in [5.41, 5.74) is 1.62. The quantitative estimate of drug-likeness (QED) is 0.548. The van der Waals surface area contributed by atoms with Gasteiger partial charge in [0, 0.05) is 0 Å². The van der Waals surface area contributed by atoms with Gasteiger partial charge in [-0.1, -0.05) is 53.2 Å². The molecule has 0 heterocycles. The third-order valence-electron chi connectivity index (χ3n) is 3.43. The van der Waals surface area contributed by atoms with E-state index in [0.29, 0.717) is 5.92 Å². The molecule has 0 saturated carbocycles. The Hall–Kier alpha value is -0.260. The van der Waals surface area contributed by atoms with E-state index in [9.17, 15) is 0 Å². The van der Waals surface area contributed by atoms with Gasteiger partial charge < -0.3 is 0 Å². The van der Waals surface area contributed by atoms with Gasteiger partial charge >= 0.3 is 0 Å². The molecular weight excluding hydrogens is 168 g/mol. The highest BCUT2D eigenvalue weighted by Crippen LogP contribution is 2.28. The maximum absolute atomic E-state index is 2.37. The summed E-state index contributed by atoms with van der Waals surface area (Å²) in [6.45, 7) is 16.1. The van der Waals surface area contributed by atoms with Crippen LogP contribution in [-0.2, 0) is 0 Å². The SMILES string of the molecule is CC=C(C(C)C)C(C)CC(C)C(C)C. The van der Waals surface area contributed by atoms with Gasteiger partial charge in [-0.3, -0.25) is 0 Å². The van der Waals surface area contributed by atoms with Crippen LogP contribution in [-0.4, -0.2) is 0 Å². The van der Waals surface area contributed by atoms with Crippen LogP contribution < -0.4 is 0 Å². The molecule has 14 heavy (non-hydrogen) atoms. The van der Waals surface area contributed by atoms with E-state index in [0.717, 1.165) is 17.8 Å². The first-order valence-corrected chi connectivity index (χ1v) is 6.06. The van der Waals surface area contributed by atoms with Crippen LogP contribution >= 0.6 is 0 Å². The molecular formula is C14H28. The summed E-state index contributed by atoms with van der Waals surface area (Å²) in [6, 6.07) is 0. The lowest BCUT2D eigenvalue weighted by Crippen LogP contribution is -2.13. The molecule has 0 aliphatic carbocycles. The zero-order valence-corrected chi connectivity index (χ0v) is 11.1. The molecule has 0 fully saturated rings. The first-order chi connectivity index (χ1) is 6.40. The standard InChI is InChI=1S/C14H28/c1-8-14(11(4)5)13(7)9-12(6)10(2)3/h8,10-13H,9H2,1-7H3. The zero-order chi connectivity index (χ0) is 11.3. The van der Waals surface area contributed by atoms with E-state index in [4.69, 9.17) is 0 Å². The summed E-state index contributed by atoms with van der Waals surface area (Å²) in [6.07, 6.45) is 3.64. The summed E-state index contributed by atoms with van der Waals surface area (Å²) in [5.74, 6) is 3.09. The van der Waals surface area contributed by atoms with Gasteiger partial charge in [-0.05, 0) is 37.0 Å². The maximum atomic E-state index is 2.37. The lowest BCUT2D eigenvalue weighted by Gasteiger charge is -2.24. The Bertz CT molecular complexity index is 174. The van der Waals surface area contributed by atoms with Crippen molar-refractivity contribution >= 4 is 0 Å². The van der Waals surface area contributed by atoms with E-state index >= 15 is 0 Å². The molecule has 0 nitrogen and oxygen atoms in total. The van der Waals surface area contributed by atoms with Gasteiger partial charge in [0.15, 0.2) is 0 Å². The number of hydrogen-bond donors (Lipinski definition) is 0. The highest BCUT2D eigenvalue weighted by molar-refractivity contribution is 5.07. The predicted molar refractivity (Wildman–Crippen MR) is 66.4 cm³/mol. The van der Waals surface area contributed by atoms with Crippen LogP contribution in [0.25, 0.3) is 0 Å². The van der Waals surface area contributed by atoms with Gasteiger partial charge in [0.25, 0.3) is 0 Å². The van der Waals surface area contributed by atoms with Crippen molar-refractivity contribution in [2.75, 3.05) is 0 Å². The van der Waals surface area contributed by atoms with Crippen molar-refractivity contribution < 1.29 is 0 Å². The molecule has 0 spiro atoms. The molecule has 0 aromatic carbocycles. The fraction of sp³-hybridized carbons (Fsp3) is 0.857. The summed E-state index contributed by atoms with van der Waals surface area (Å²) >= 11 is 0. The molecule has 0 aromatic heterocycles. The van der Waals surface area contributed by atoms with E-state index < -0.39 is 0 Å². The van der Waals surface area contributed by atoms with Crippen LogP contribution in [0.5, 0.6) is 0 Å². The predicted octanol–water partition coefficient (Wildman–Crippen LogP) is 4.91. The van der Waals surface area contributed by atoms with E-state index in [1.165, 1.54) is 6.42 Å². The molecule has 2 atom stereocenters. The average Bonchev–Trinajstić information content (AvgIpc) is 2.04. The minimum atomic E-state index is 0.703. The van der Waals surface area contributed by atoms with Gasteiger partial charge in [0.2, 0.25) is 0 Å². The van der Waals surface area contributed by atoms with E-state index in [1.807, 2.05) is 0 Å². The maximum Gasteiger partial charge on any atom is -0.0227 e. The second kappa shape index (κ2) is 6.27. The van der Waals surface area contributed by atoms with Crippen molar-refractivity contribution in [2.24, 2.45) is 23.7 Å². The average molecular weight is 196 g/mol. The van der Waals surface area contributed by atoms with Gasteiger partial charge in [-0.15, -0.1) is 0 Å². The van der Waals surface area contributed by atoms with Crippen molar-refractivity contribution in [1.29, 1.82) is 0 Å². The minimum Gasteiger partial charge on any atom is -0.0879 e. The lowest BCUT2D eigenvalue weighted by molar-refractivity contribution is 0.343. The van der Waals surface area contributed by atoms with E-state index in [1.54, 1.807) is 5.57 Å². The fourth-order valence-corrected chi connectivity index (χ4v) is 2.15. The Balaban J connectivity index is 4.25. The topological polar surface area (TPSA) is 0 Å². The van der Waals surface area contributed by atoms with Crippen molar-refractivity contribution in [3.8, 4) is 0 Å². The molecule has 84 valence electrons. The smallest absolute Gasteiger partial charge is 0.0227 e. The van der Waals surface area contributed by atoms with Crippen molar-refractivity contribution in [3.63, 3.8) is 0 Å². The number of hydrogen-bond acceptors (Lipinski definition) is 0. The summed E-state index contributed by atoms with van der Waals surface area (Å²) < 4.78 is 0. The van der Waals surface area contributed by atoms with Gasteiger partial charge in [-0.2, -0.15) is 0 Å². The van der Waals surface area contributed by atoms with Gasteiger partial charge in [0.05, 0.1) is 0 Å². The third kappa shape index (κ3) is 4.30. The Kier molecular flexibility index (Phi) is 6.15. The summed E-state index contributed by atoms with van der Waals surface area (Å²) in [7, 11) is 0.